The van der Waals surface area contributed by atoms with Crippen LogP contribution in [0, 0.1) is 20.8 Å². The van der Waals surface area contributed by atoms with Crippen LogP contribution in [-0.4, -0.2) is 22.3 Å². The van der Waals surface area contributed by atoms with Crippen LogP contribution >= 0.6 is 0 Å². The third-order valence-corrected chi connectivity index (χ3v) is 4.21. The molecule has 0 aliphatic heterocycles. The van der Waals surface area contributed by atoms with Crippen molar-refractivity contribution in [3.8, 4) is 5.75 Å². The van der Waals surface area contributed by atoms with Crippen molar-refractivity contribution < 1.29 is 9.53 Å². The Morgan fingerprint density at radius 2 is 1.78 bits per heavy atom. The molecule has 1 heterocycles. The predicted molar refractivity (Wildman–Crippen MR) is 92.2 cm³/mol. The molecule has 0 bridgehead atoms. The van der Waals surface area contributed by atoms with Crippen molar-refractivity contribution in [2.45, 2.75) is 53.4 Å². The molecule has 4 nitrogen and oxygen atoms in total. The Morgan fingerprint density at radius 1 is 1.09 bits per heavy atom. The van der Waals surface area contributed by atoms with Gasteiger partial charge in [-0.05, 0) is 57.0 Å². The van der Waals surface area contributed by atoms with Gasteiger partial charge in [-0.15, -0.1) is 0 Å². The van der Waals surface area contributed by atoms with Gasteiger partial charge in [0.05, 0.1) is 12.3 Å². The highest BCUT2D eigenvalue weighted by molar-refractivity contribution is 5.96. The number of ether oxygens (including phenoxy) is 1. The zero-order chi connectivity index (χ0) is 16.8. The van der Waals surface area contributed by atoms with Crippen molar-refractivity contribution in [1.29, 1.82) is 0 Å². The van der Waals surface area contributed by atoms with Crippen molar-refractivity contribution >= 4 is 5.91 Å². The molecule has 0 fully saturated rings. The second-order valence-corrected chi connectivity index (χ2v) is 5.95. The molecule has 0 unspecified atom stereocenters. The number of nitrogens with zero attached hydrogens (tertiary/aromatic N) is 2. The number of unbranched alkanes of at least 4 members (excludes halogenated alkanes) is 3. The number of hydrogen-bond acceptors (Lipinski definition) is 3. The van der Waals surface area contributed by atoms with Crippen molar-refractivity contribution in [3.05, 3.63) is 46.8 Å². The minimum atomic E-state index is -0.104. The summed E-state index contributed by atoms with van der Waals surface area (Å²) < 4.78 is 7.18. The first kappa shape index (κ1) is 17.3. The summed E-state index contributed by atoms with van der Waals surface area (Å²) in [6.45, 7) is 8.74. The Bertz CT molecular complexity index is 657. The zero-order valence-electron chi connectivity index (χ0n) is 14.6. The van der Waals surface area contributed by atoms with Gasteiger partial charge < -0.3 is 4.74 Å². The molecule has 0 radical (unpaired) electrons. The summed E-state index contributed by atoms with van der Waals surface area (Å²) in [5, 5.41) is 4.32. The summed E-state index contributed by atoms with van der Waals surface area (Å²) in [6.07, 6.45) is 4.74. The molecule has 0 saturated carbocycles. The second kappa shape index (κ2) is 7.95. The minimum Gasteiger partial charge on any atom is -0.494 e. The third kappa shape index (κ3) is 4.21. The SMILES string of the molecule is CCCCCCOc1ccc(C(=O)n2nc(C)c(C)c2C)cc1. The molecule has 4 heteroatoms. The highest BCUT2D eigenvalue weighted by Gasteiger charge is 2.15. The van der Waals surface area contributed by atoms with Gasteiger partial charge in [-0.25, -0.2) is 4.68 Å². The molecular weight excluding hydrogens is 288 g/mol. The van der Waals surface area contributed by atoms with Crippen molar-refractivity contribution in [3.63, 3.8) is 0 Å². The summed E-state index contributed by atoms with van der Waals surface area (Å²) in [4.78, 5) is 12.5. The topological polar surface area (TPSA) is 44.1 Å². The summed E-state index contributed by atoms with van der Waals surface area (Å²) >= 11 is 0. The Hall–Kier alpha value is -2.10. The van der Waals surface area contributed by atoms with Crippen LogP contribution in [0.5, 0.6) is 5.75 Å². The number of hydrogen-bond donors (Lipinski definition) is 0. The Labute approximate surface area is 138 Å². The lowest BCUT2D eigenvalue weighted by molar-refractivity contribution is 0.0942. The van der Waals surface area contributed by atoms with E-state index in [2.05, 4.69) is 12.0 Å². The molecule has 0 N–H and O–H groups in total. The molecule has 0 saturated heterocycles. The highest BCUT2D eigenvalue weighted by Crippen LogP contribution is 2.16. The van der Waals surface area contributed by atoms with Crippen molar-refractivity contribution in [2.24, 2.45) is 0 Å². The molecule has 0 aliphatic carbocycles. The fourth-order valence-corrected chi connectivity index (χ4v) is 2.45. The third-order valence-electron chi connectivity index (χ3n) is 4.21. The maximum atomic E-state index is 12.5. The van der Waals surface area contributed by atoms with Crippen LogP contribution < -0.4 is 4.74 Å². The van der Waals surface area contributed by atoms with Gasteiger partial charge in [0, 0.05) is 11.3 Å². The predicted octanol–water partition coefficient (Wildman–Crippen LogP) is 4.46. The number of carbonyl (C=O) groups excluding carboxylic acids is 1. The van der Waals surface area contributed by atoms with E-state index < -0.39 is 0 Å². The molecule has 0 spiro atoms. The smallest absolute Gasteiger partial charge is 0.278 e. The standard InChI is InChI=1S/C19H26N2O2/c1-5-6-7-8-13-23-18-11-9-17(10-12-18)19(22)21-16(4)14(2)15(3)20-21/h9-12H,5-8,13H2,1-4H3. The van der Waals surface area contributed by atoms with Crippen LogP contribution in [0.15, 0.2) is 24.3 Å². The molecule has 0 aliphatic rings. The fourth-order valence-electron chi connectivity index (χ4n) is 2.45. The van der Waals surface area contributed by atoms with Crippen molar-refractivity contribution in [2.75, 3.05) is 6.61 Å². The molecule has 124 valence electrons. The lowest BCUT2D eigenvalue weighted by Crippen LogP contribution is -2.15. The maximum absolute atomic E-state index is 12.5. The second-order valence-electron chi connectivity index (χ2n) is 5.95. The quantitative estimate of drug-likeness (QED) is 0.709. The number of carbonyl (C=O) groups is 1. The average Bonchev–Trinajstić information content (AvgIpc) is 2.82. The summed E-state index contributed by atoms with van der Waals surface area (Å²) in [5.74, 6) is 0.704. The van der Waals surface area contributed by atoms with Gasteiger partial charge in [-0.2, -0.15) is 5.10 Å². The molecule has 23 heavy (non-hydrogen) atoms. The Balaban J connectivity index is 1.98. The number of rotatable bonds is 7. The highest BCUT2D eigenvalue weighted by atomic mass is 16.5. The molecule has 0 atom stereocenters. The van der Waals surface area contributed by atoms with Gasteiger partial charge in [-0.3, -0.25) is 4.79 Å². The van der Waals surface area contributed by atoms with E-state index in [1.54, 1.807) is 12.1 Å². The molecule has 1 aromatic heterocycles. The van der Waals surface area contributed by atoms with E-state index in [9.17, 15) is 4.79 Å². The van der Waals surface area contributed by atoms with E-state index in [-0.39, 0.29) is 5.91 Å². The van der Waals surface area contributed by atoms with E-state index in [0.717, 1.165) is 35.7 Å². The van der Waals surface area contributed by atoms with Crippen molar-refractivity contribution in [1.82, 2.24) is 9.78 Å². The molecule has 0 amide bonds. The summed E-state index contributed by atoms with van der Waals surface area (Å²) in [5.41, 5.74) is 3.46. The van der Waals surface area contributed by atoms with Crippen LogP contribution in [0.3, 0.4) is 0 Å². The van der Waals surface area contributed by atoms with Crippen LogP contribution in [0.25, 0.3) is 0 Å². The van der Waals surface area contributed by atoms with Gasteiger partial charge in [0.1, 0.15) is 5.75 Å². The minimum absolute atomic E-state index is 0.104. The molecule has 2 aromatic rings. The van der Waals surface area contributed by atoms with E-state index in [0.29, 0.717) is 5.56 Å². The van der Waals surface area contributed by atoms with Gasteiger partial charge in [0.15, 0.2) is 0 Å². The Kier molecular flexibility index (Phi) is 5.97. The van der Waals surface area contributed by atoms with Crippen LogP contribution in [0.2, 0.25) is 0 Å². The lowest BCUT2D eigenvalue weighted by Gasteiger charge is -2.07. The van der Waals surface area contributed by atoms with Gasteiger partial charge in [-0.1, -0.05) is 26.2 Å². The van der Waals surface area contributed by atoms with Gasteiger partial charge in [0.2, 0.25) is 0 Å². The Morgan fingerprint density at radius 3 is 2.35 bits per heavy atom. The van der Waals surface area contributed by atoms with Gasteiger partial charge in [0.25, 0.3) is 5.91 Å². The van der Waals surface area contributed by atoms with E-state index in [4.69, 9.17) is 4.74 Å². The lowest BCUT2D eigenvalue weighted by atomic mass is 10.2. The molecular formula is C19H26N2O2. The van der Waals surface area contributed by atoms with Crippen LogP contribution in [0.1, 0.15) is 59.9 Å². The first-order chi connectivity index (χ1) is 11.0. The van der Waals surface area contributed by atoms with Crippen LogP contribution in [-0.2, 0) is 0 Å². The molecule has 2 rings (SSSR count). The first-order valence-corrected chi connectivity index (χ1v) is 8.35. The van der Waals surface area contributed by atoms with Gasteiger partial charge >= 0.3 is 0 Å². The average molecular weight is 314 g/mol. The van der Waals surface area contributed by atoms with E-state index in [1.165, 1.54) is 23.9 Å². The number of aryl methyl sites for hydroxylation is 1. The fraction of sp³-hybridized carbons (Fsp3) is 0.474. The first-order valence-electron chi connectivity index (χ1n) is 8.35. The zero-order valence-corrected chi connectivity index (χ0v) is 14.6. The number of benzene rings is 1. The monoisotopic (exact) mass is 314 g/mol. The largest absolute Gasteiger partial charge is 0.494 e. The number of aromatic nitrogens is 2. The summed E-state index contributed by atoms with van der Waals surface area (Å²) in [7, 11) is 0. The maximum Gasteiger partial charge on any atom is 0.278 e. The van der Waals surface area contributed by atoms with Crippen LogP contribution in [0.4, 0.5) is 0 Å². The summed E-state index contributed by atoms with van der Waals surface area (Å²) in [6, 6.07) is 7.31. The van der Waals surface area contributed by atoms with E-state index >= 15 is 0 Å². The molecule has 1 aromatic carbocycles. The normalized spacial score (nSPS) is 10.8. The van der Waals surface area contributed by atoms with E-state index in [1.807, 2.05) is 32.9 Å².